The lowest BCUT2D eigenvalue weighted by molar-refractivity contribution is 0.392. The van der Waals surface area contributed by atoms with Gasteiger partial charge in [-0.2, -0.15) is 5.10 Å². The van der Waals surface area contributed by atoms with Crippen molar-refractivity contribution < 1.29 is 0 Å². The quantitative estimate of drug-likeness (QED) is 0.648. The standard InChI is InChI=1S/C14H21N7S/c1-3-11-6-16-13(22-11)7-17-14(15-2)20-10-4-5-12-18-9-19-21(12)8-10/h6,9-10H,3-5,7-8H2,1-2H3,(H2,15,17,20). The van der Waals surface area contributed by atoms with E-state index in [0.29, 0.717) is 12.6 Å². The second-order valence-electron chi connectivity index (χ2n) is 5.24. The van der Waals surface area contributed by atoms with Crippen LogP contribution in [0, 0.1) is 0 Å². The monoisotopic (exact) mass is 319 g/mol. The average molecular weight is 319 g/mol. The third-order valence-electron chi connectivity index (χ3n) is 3.73. The fraction of sp³-hybridized carbons (Fsp3) is 0.571. The predicted octanol–water partition coefficient (Wildman–Crippen LogP) is 0.977. The summed E-state index contributed by atoms with van der Waals surface area (Å²) in [6, 6.07) is 0.322. The Balaban J connectivity index is 1.52. The number of nitrogens with zero attached hydrogens (tertiary/aromatic N) is 5. The van der Waals surface area contributed by atoms with Crippen molar-refractivity contribution in [1.29, 1.82) is 0 Å². The minimum Gasteiger partial charge on any atom is -0.352 e. The van der Waals surface area contributed by atoms with E-state index < -0.39 is 0 Å². The number of hydrogen-bond acceptors (Lipinski definition) is 5. The summed E-state index contributed by atoms with van der Waals surface area (Å²) in [5, 5.41) is 12.1. The third-order valence-corrected chi connectivity index (χ3v) is 4.87. The molecule has 0 amide bonds. The van der Waals surface area contributed by atoms with E-state index in [1.165, 1.54) is 4.88 Å². The number of guanidine groups is 1. The Morgan fingerprint density at radius 1 is 1.50 bits per heavy atom. The normalized spacial score (nSPS) is 18.1. The van der Waals surface area contributed by atoms with Crippen LogP contribution in [0.5, 0.6) is 0 Å². The average Bonchev–Trinajstić information content (AvgIpc) is 3.19. The van der Waals surface area contributed by atoms with E-state index >= 15 is 0 Å². The fourth-order valence-corrected chi connectivity index (χ4v) is 3.30. The smallest absolute Gasteiger partial charge is 0.191 e. The second-order valence-corrected chi connectivity index (χ2v) is 6.44. The molecule has 1 atom stereocenters. The van der Waals surface area contributed by atoms with Gasteiger partial charge in [0, 0.05) is 30.6 Å². The van der Waals surface area contributed by atoms with Crippen molar-refractivity contribution in [2.45, 2.75) is 45.3 Å². The van der Waals surface area contributed by atoms with Crippen LogP contribution in [0.2, 0.25) is 0 Å². The summed E-state index contributed by atoms with van der Waals surface area (Å²) in [6.45, 7) is 3.67. The minimum atomic E-state index is 0.322. The van der Waals surface area contributed by atoms with E-state index in [1.54, 1.807) is 24.7 Å². The highest BCUT2D eigenvalue weighted by Crippen LogP contribution is 2.13. The molecule has 0 aromatic carbocycles. The largest absolute Gasteiger partial charge is 0.352 e. The van der Waals surface area contributed by atoms with Gasteiger partial charge in [-0.25, -0.2) is 14.6 Å². The first-order valence-corrected chi connectivity index (χ1v) is 8.37. The maximum absolute atomic E-state index is 4.41. The molecule has 0 aliphatic carbocycles. The number of rotatable bonds is 4. The number of aliphatic imine (C=N–C) groups is 1. The van der Waals surface area contributed by atoms with Crippen molar-refractivity contribution in [3.8, 4) is 0 Å². The first-order valence-electron chi connectivity index (χ1n) is 7.56. The number of thiazole rings is 1. The minimum absolute atomic E-state index is 0.322. The van der Waals surface area contributed by atoms with Crippen molar-refractivity contribution in [1.82, 2.24) is 30.4 Å². The number of fused-ring (bicyclic) bond motifs is 1. The van der Waals surface area contributed by atoms with Gasteiger partial charge in [-0.05, 0) is 12.8 Å². The van der Waals surface area contributed by atoms with Crippen LogP contribution in [0.25, 0.3) is 0 Å². The van der Waals surface area contributed by atoms with Crippen LogP contribution in [0.3, 0.4) is 0 Å². The van der Waals surface area contributed by atoms with Crippen molar-refractivity contribution >= 4 is 17.3 Å². The zero-order chi connectivity index (χ0) is 15.4. The molecule has 3 rings (SSSR count). The molecular weight excluding hydrogens is 298 g/mol. The molecule has 1 aliphatic rings. The molecule has 0 fully saturated rings. The fourth-order valence-electron chi connectivity index (χ4n) is 2.50. The highest BCUT2D eigenvalue weighted by molar-refractivity contribution is 7.11. The zero-order valence-corrected chi connectivity index (χ0v) is 13.7. The molecule has 0 saturated carbocycles. The highest BCUT2D eigenvalue weighted by atomic mass is 32.1. The molecule has 2 aromatic rings. The van der Waals surface area contributed by atoms with Gasteiger partial charge in [-0.15, -0.1) is 11.3 Å². The summed E-state index contributed by atoms with van der Waals surface area (Å²) >= 11 is 1.74. The third kappa shape index (κ3) is 3.44. The maximum atomic E-state index is 4.41. The number of aryl methyl sites for hydroxylation is 2. The van der Waals surface area contributed by atoms with Crippen LogP contribution in [0.15, 0.2) is 17.5 Å². The van der Waals surface area contributed by atoms with E-state index in [0.717, 1.165) is 42.6 Å². The van der Waals surface area contributed by atoms with E-state index in [-0.39, 0.29) is 0 Å². The summed E-state index contributed by atoms with van der Waals surface area (Å²) in [5.74, 6) is 1.87. The van der Waals surface area contributed by atoms with Crippen molar-refractivity contribution in [2.75, 3.05) is 7.05 Å². The molecule has 3 heterocycles. The van der Waals surface area contributed by atoms with E-state index in [9.17, 15) is 0 Å². The molecule has 2 N–H and O–H groups in total. The molecule has 118 valence electrons. The molecule has 0 bridgehead atoms. The molecule has 2 aromatic heterocycles. The van der Waals surface area contributed by atoms with Crippen molar-refractivity contribution in [2.24, 2.45) is 4.99 Å². The topological polar surface area (TPSA) is 80.0 Å². The summed E-state index contributed by atoms with van der Waals surface area (Å²) in [7, 11) is 1.79. The first kappa shape index (κ1) is 15.0. The number of hydrogen-bond donors (Lipinski definition) is 2. The van der Waals surface area contributed by atoms with Gasteiger partial charge < -0.3 is 10.6 Å². The number of nitrogens with one attached hydrogen (secondary N) is 2. The van der Waals surface area contributed by atoms with Gasteiger partial charge in [0.2, 0.25) is 0 Å². The highest BCUT2D eigenvalue weighted by Gasteiger charge is 2.20. The lowest BCUT2D eigenvalue weighted by Gasteiger charge is -2.25. The Morgan fingerprint density at radius 2 is 2.41 bits per heavy atom. The van der Waals surface area contributed by atoms with Gasteiger partial charge in [0.25, 0.3) is 0 Å². The molecule has 1 unspecified atom stereocenters. The molecule has 22 heavy (non-hydrogen) atoms. The van der Waals surface area contributed by atoms with Crippen LogP contribution >= 0.6 is 11.3 Å². The Morgan fingerprint density at radius 3 is 3.18 bits per heavy atom. The van der Waals surface area contributed by atoms with Crippen LogP contribution in [-0.4, -0.2) is 38.8 Å². The van der Waals surface area contributed by atoms with Crippen LogP contribution in [0.1, 0.15) is 29.1 Å². The maximum Gasteiger partial charge on any atom is 0.191 e. The van der Waals surface area contributed by atoms with Crippen molar-refractivity contribution in [3.63, 3.8) is 0 Å². The van der Waals surface area contributed by atoms with E-state index in [1.807, 2.05) is 10.9 Å². The summed E-state index contributed by atoms with van der Waals surface area (Å²) in [4.78, 5) is 14.3. The van der Waals surface area contributed by atoms with Gasteiger partial charge in [0.05, 0.1) is 13.1 Å². The lowest BCUT2D eigenvalue weighted by Crippen LogP contribution is -2.46. The van der Waals surface area contributed by atoms with Crippen LogP contribution in [0.4, 0.5) is 0 Å². The summed E-state index contributed by atoms with van der Waals surface area (Å²) in [6.07, 6.45) is 6.59. The summed E-state index contributed by atoms with van der Waals surface area (Å²) < 4.78 is 1.96. The number of aromatic nitrogens is 4. The van der Waals surface area contributed by atoms with Gasteiger partial charge in [-0.3, -0.25) is 4.99 Å². The Hall–Kier alpha value is -1.96. The Bertz CT molecular complexity index is 645. The zero-order valence-electron chi connectivity index (χ0n) is 12.9. The SMILES string of the molecule is CCc1cnc(CNC(=NC)NC2CCc3ncnn3C2)s1. The summed E-state index contributed by atoms with van der Waals surface area (Å²) in [5.41, 5.74) is 0. The Kier molecular flexibility index (Phi) is 4.67. The van der Waals surface area contributed by atoms with Gasteiger partial charge in [0.15, 0.2) is 5.96 Å². The Labute approximate surface area is 133 Å². The van der Waals surface area contributed by atoms with Gasteiger partial charge in [-0.1, -0.05) is 6.92 Å². The van der Waals surface area contributed by atoms with E-state index in [2.05, 4.69) is 37.6 Å². The van der Waals surface area contributed by atoms with E-state index in [4.69, 9.17) is 0 Å². The molecule has 0 spiro atoms. The van der Waals surface area contributed by atoms with Crippen molar-refractivity contribution in [3.05, 3.63) is 28.2 Å². The molecular formula is C14H21N7S. The first-order chi connectivity index (χ1) is 10.8. The van der Waals surface area contributed by atoms with Crippen LogP contribution < -0.4 is 10.6 Å². The molecule has 0 saturated heterocycles. The predicted molar refractivity (Wildman–Crippen MR) is 87.0 cm³/mol. The van der Waals surface area contributed by atoms with Gasteiger partial charge in [0.1, 0.15) is 17.2 Å². The molecule has 1 aliphatic heterocycles. The van der Waals surface area contributed by atoms with Crippen LogP contribution in [-0.2, 0) is 25.9 Å². The molecule has 0 radical (unpaired) electrons. The van der Waals surface area contributed by atoms with Gasteiger partial charge >= 0.3 is 0 Å². The molecule has 7 nitrogen and oxygen atoms in total. The lowest BCUT2D eigenvalue weighted by atomic mass is 10.1. The second kappa shape index (κ2) is 6.87. The molecule has 8 heteroatoms.